The largest absolute Gasteiger partial charge is 0.302 e. The van der Waals surface area contributed by atoms with Gasteiger partial charge in [0.2, 0.25) is 5.95 Å². The number of aromatic nitrogens is 5. The average molecular weight is 368 g/mol. The zero-order valence-electron chi connectivity index (χ0n) is 11.2. The molecule has 2 aromatic rings. The quantitative estimate of drug-likeness (QED) is 0.476. The highest BCUT2D eigenvalue weighted by Crippen LogP contribution is 2.47. The van der Waals surface area contributed by atoms with Gasteiger partial charge in [-0.1, -0.05) is 0 Å². The van der Waals surface area contributed by atoms with Crippen LogP contribution in [0.3, 0.4) is 0 Å². The van der Waals surface area contributed by atoms with Crippen LogP contribution in [0, 0.1) is 0 Å². The lowest BCUT2D eigenvalue weighted by atomic mass is 10.4. The summed E-state index contributed by atoms with van der Waals surface area (Å²) in [4.78, 5) is 8.43. The van der Waals surface area contributed by atoms with E-state index in [1.165, 1.54) is 37.4 Å². The fraction of sp³-hybridized carbons (Fsp3) is 0.500. The zero-order chi connectivity index (χ0) is 14.4. The Hall–Kier alpha value is -1.19. The second kappa shape index (κ2) is 5.22. The van der Waals surface area contributed by atoms with Gasteiger partial charge in [-0.2, -0.15) is 0 Å². The summed E-state index contributed by atoms with van der Waals surface area (Å²) in [5.74, 6) is 7.50. The molecule has 0 bridgehead atoms. The summed E-state index contributed by atoms with van der Waals surface area (Å²) in [6, 6.07) is 0.561. The van der Waals surface area contributed by atoms with Crippen LogP contribution in [-0.2, 0) is 0 Å². The van der Waals surface area contributed by atoms with Crippen LogP contribution in [0.1, 0.15) is 43.5 Å². The lowest BCUT2D eigenvalue weighted by Crippen LogP contribution is -2.10. The molecule has 7 nitrogen and oxygen atoms in total. The van der Waals surface area contributed by atoms with Crippen LogP contribution < -0.4 is 11.3 Å². The number of nitrogens with zero attached hydrogens (tertiary/aromatic N) is 5. The molecule has 0 spiro atoms. The molecule has 0 amide bonds. The Balaban J connectivity index is 1.68. The third-order valence-corrected chi connectivity index (χ3v) is 5.38. The van der Waals surface area contributed by atoms with Crippen molar-refractivity contribution in [1.29, 1.82) is 0 Å². The molecule has 2 saturated carbocycles. The van der Waals surface area contributed by atoms with Gasteiger partial charge in [0.25, 0.3) is 0 Å². The highest BCUT2D eigenvalue weighted by molar-refractivity contribution is 9.10. The van der Waals surface area contributed by atoms with Crippen molar-refractivity contribution in [1.82, 2.24) is 24.7 Å². The molecule has 2 aliphatic rings. The maximum atomic E-state index is 5.37. The van der Waals surface area contributed by atoms with Crippen LogP contribution >= 0.6 is 27.7 Å². The summed E-state index contributed by atoms with van der Waals surface area (Å²) >= 11 is 4.97. The van der Waals surface area contributed by atoms with Gasteiger partial charge in [0.15, 0.2) is 5.16 Å². The van der Waals surface area contributed by atoms with Gasteiger partial charge in [-0.25, -0.2) is 15.8 Å². The van der Waals surface area contributed by atoms with Gasteiger partial charge in [-0.3, -0.25) is 5.43 Å². The molecular formula is C12H14BrN7S. The molecule has 3 N–H and O–H groups in total. The van der Waals surface area contributed by atoms with Crippen LogP contribution in [0.2, 0.25) is 0 Å². The summed E-state index contributed by atoms with van der Waals surface area (Å²) < 4.78 is 3.12. The second-order valence-electron chi connectivity index (χ2n) is 5.31. The van der Waals surface area contributed by atoms with Gasteiger partial charge >= 0.3 is 0 Å². The molecule has 2 fully saturated rings. The Bertz CT molecular complexity index is 680. The van der Waals surface area contributed by atoms with Crippen molar-refractivity contribution >= 4 is 33.6 Å². The molecular weight excluding hydrogens is 354 g/mol. The zero-order valence-corrected chi connectivity index (χ0v) is 13.6. The van der Waals surface area contributed by atoms with Crippen LogP contribution in [-0.4, -0.2) is 24.7 Å². The SMILES string of the molecule is NNc1ncc(Br)c(Sc2nnc(C3CC3)n2C2CC2)n1. The molecule has 0 radical (unpaired) electrons. The van der Waals surface area contributed by atoms with Crippen molar-refractivity contribution in [2.24, 2.45) is 5.84 Å². The van der Waals surface area contributed by atoms with Crippen molar-refractivity contribution in [3.05, 3.63) is 16.5 Å². The van der Waals surface area contributed by atoms with Gasteiger partial charge in [0.1, 0.15) is 10.9 Å². The first-order valence-electron chi connectivity index (χ1n) is 6.88. The van der Waals surface area contributed by atoms with E-state index in [1.807, 2.05) is 0 Å². The molecule has 0 aliphatic heterocycles. The van der Waals surface area contributed by atoms with Crippen molar-refractivity contribution < 1.29 is 0 Å². The van der Waals surface area contributed by atoms with Crippen LogP contribution in [0.4, 0.5) is 5.95 Å². The number of anilines is 1. The normalized spacial score (nSPS) is 18.0. The first-order valence-corrected chi connectivity index (χ1v) is 8.49. The van der Waals surface area contributed by atoms with Gasteiger partial charge in [-0.05, 0) is 53.4 Å². The molecule has 2 aliphatic carbocycles. The minimum absolute atomic E-state index is 0.389. The van der Waals surface area contributed by atoms with Gasteiger partial charge in [0, 0.05) is 18.2 Å². The van der Waals surface area contributed by atoms with E-state index < -0.39 is 0 Å². The van der Waals surface area contributed by atoms with Crippen LogP contribution in [0.15, 0.2) is 20.9 Å². The van der Waals surface area contributed by atoms with E-state index in [0.717, 1.165) is 20.5 Å². The molecule has 0 aromatic carbocycles. The molecule has 0 atom stereocenters. The Morgan fingerprint density at radius 2 is 2.10 bits per heavy atom. The number of hydrogen-bond acceptors (Lipinski definition) is 7. The van der Waals surface area contributed by atoms with Gasteiger partial charge in [0.05, 0.1) is 4.47 Å². The number of halogens is 1. The Labute approximate surface area is 134 Å². The Kier molecular flexibility index (Phi) is 3.35. The maximum Gasteiger partial charge on any atom is 0.238 e. The van der Waals surface area contributed by atoms with Crippen molar-refractivity contribution in [3.8, 4) is 0 Å². The Morgan fingerprint density at radius 1 is 1.29 bits per heavy atom. The van der Waals surface area contributed by atoms with E-state index in [-0.39, 0.29) is 0 Å². The van der Waals surface area contributed by atoms with Crippen LogP contribution in [0.25, 0.3) is 0 Å². The molecule has 21 heavy (non-hydrogen) atoms. The predicted octanol–water partition coefficient (Wildman–Crippen LogP) is 2.48. The highest BCUT2D eigenvalue weighted by atomic mass is 79.9. The van der Waals surface area contributed by atoms with Crippen molar-refractivity contribution in [3.63, 3.8) is 0 Å². The first kappa shape index (κ1) is 13.5. The number of nitrogens with two attached hydrogens (primary N) is 1. The minimum Gasteiger partial charge on any atom is -0.302 e. The summed E-state index contributed by atoms with van der Waals surface area (Å²) in [7, 11) is 0. The van der Waals surface area contributed by atoms with Crippen LogP contribution in [0.5, 0.6) is 0 Å². The number of rotatable bonds is 5. The molecule has 2 aromatic heterocycles. The fourth-order valence-electron chi connectivity index (χ4n) is 2.23. The lowest BCUT2D eigenvalue weighted by Gasteiger charge is -2.09. The standard InChI is InChI=1S/C12H14BrN7S/c13-8-5-15-11(17-14)16-10(8)21-12-19-18-9(6-1-2-6)20(12)7-3-4-7/h5-7H,1-4,14H2,(H,15,16,17). The fourth-order valence-corrected chi connectivity index (χ4v) is 3.54. The smallest absolute Gasteiger partial charge is 0.238 e. The molecule has 0 unspecified atom stereocenters. The van der Waals surface area contributed by atoms with Crippen molar-refractivity contribution in [2.45, 2.75) is 47.8 Å². The summed E-state index contributed by atoms with van der Waals surface area (Å²) in [5, 5.41) is 10.5. The number of nitrogen functional groups attached to an aromatic ring is 1. The molecule has 0 saturated heterocycles. The molecule has 9 heteroatoms. The summed E-state index contributed by atoms with van der Waals surface area (Å²) in [6.45, 7) is 0. The summed E-state index contributed by atoms with van der Waals surface area (Å²) in [6.07, 6.45) is 6.57. The van der Waals surface area contributed by atoms with Gasteiger partial charge in [-0.15, -0.1) is 10.2 Å². The monoisotopic (exact) mass is 367 g/mol. The van der Waals surface area contributed by atoms with E-state index in [2.05, 4.69) is 46.1 Å². The lowest BCUT2D eigenvalue weighted by molar-refractivity contribution is 0.626. The third-order valence-electron chi connectivity index (χ3n) is 3.57. The highest BCUT2D eigenvalue weighted by Gasteiger charge is 2.36. The molecule has 4 rings (SSSR count). The van der Waals surface area contributed by atoms with Crippen molar-refractivity contribution in [2.75, 3.05) is 5.43 Å². The number of nitrogens with one attached hydrogen (secondary N) is 1. The Morgan fingerprint density at radius 3 is 2.76 bits per heavy atom. The third kappa shape index (κ3) is 2.65. The van der Waals surface area contributed by atoms with E-state index in [0.29, 0.717) is 17.9 Å². The predicted molar refractivity (Wildman–Crippen MR) is 81.9 cm³/mol. The first-order chi connectivity index (χ1) is 10.3. The maximum absolute atomic E-state index is 5.37. The summed E-state index contributed by atoms with van der Waals surface area (Å²) in [5.41, 5.74) is 2.46. The van der Waals surface area contributed by atoms with E-state index >= 15 is 0 Å². The van der Waals surface area contributed by atoms with Gasteiger partial charge < -0.3 is 4.57 Å². The van der Waals surface area contributed by atoms with E-state index in [9.17, 15) is 0 Å². The minimum atomic E-state index is 0.389. The molecule has 110 valence electrons. The topological polar surface area (TPSA) is 94.5 Å². The number of hydrazine groups is 1. The number of hydrogen-bond donors (Lipinski definition) is 2. The second-order valence-corrected chi connectivity index (χ2v) is 7.12. The van der Waals surface area contributed by atoms with E-state index in [1.54, 1.807) is 6.20 Å². The molecule has 2 heterocycles. The van der Waals surface area contributed by atoms with E-state index in [4.69, 9.17) is 5.84 Å². The average Bonchev–Trinajstić information content (AvgIpc) is 3.40.